The van der Waals surface area contributed by atoms with E-state index in [4.69, 9.17) is 25.0 Å². The highest BCUT2D eigenvalue weighted by atomic mass is 31.2. The SMILES string of the molecule is Nc1nc2nccnc2c(=O)[nH]1.O=P(O)(O)O. The molecule has 0 spiro atoms. The van der Waals surface area contributed by atoms with Crippen molar-refractivity contribution in [1.29, 1.82) is 0 Å². The number of aromatic amines is 1. The van der Waals surface area contributed by atoms with Gasteiger partial charge < -0.3 is 20.4 Å². The maximum absolute atomic E-state index is 11.1. The average Bonchev–Trinajstić information content (AvgIpc) is 2.14. The lowest BCUT2D eigenvalue weighted by Gasteiger charge is -1.94. The van der Waals surface area contributed by atoms with Gasteiger partial charge in [0.15, 0.2) is 11.2 Å². The zero-order chi connectivity index (χ0) is 13.1. The van der Waals surface area contributed by atoms with E-state index < -0.39 is 7.82 Å². The highest BCUT2D eigenvalue weighted by Gasteiger charge is 2.01. The summed E-state index contributed by atoms with van der Waals surface area (Å²) < 4.78 is 8.88. The summed E-state index contributed by atoms with van der Waals surface area (Å²) in [6.07, 6.45) is 2.88. The number of aromatic nitrogens is 4. The minimum atomic E-state index is -4.64. The summed E-state index contributed by atoms with van der Waals surface area (Å²) >= 11 is 0. The molecule has 2 aromatic rings. The Morgan fingerprint density at radius 1 is 1.24 bits per heavy atom. The number of H-pyrrole nitrogens is 1. The van der Waals surface area contributed by atoms with Crippen molar-refractivity contribution in [1.82, 2.24) is 19.9 Å². The van der Waals surface area contributed by atoms with E-state index in [-0.39, 0.29) is 22.7 Å². The van der Waals surface area contributed by atoms with Crippen molar-refractivity contribution in [2.45, 2.75) is 0 Å². The van der Waals surface area contributed by atoms with Crippen molar-refractivity contribution in [3.05, 3.63) is 22.7 Å². The third-order valence-corrected chi connectivity index (χ3v) is 1.36. The maximum atomic E-state index is 11.1. The predicted octanol–water partition coefficient (Wildman–Crippen LogP) is -1.63. The summed E-state index contributed by atoms with van der Waals surface area (Å²) in [5.74, 6) is 0.0491. The number of phosphoric acid groups is 1. The van der Waals surface area contributed by atoms with E-state index >= 15 is 0 Å². The van der Waals surface area contributed by atoms with Gasteiger partial charge in [0.05, 0.1) is 0 Å². The Morgan fingerprint density at radius 3 is 2.35 bits per heavy atom. The van der Waals surface area contributed by atoms with Crippen molar-refractivity contribution in [2.24, 2.45) is 0 Å². The van der Waals surface area contributed by atoms with Gasteiger partial charge in [-0.05, 0) is 0 Å². The number of nitrogens with zero attached hydrogens (tertiary/aromatic N) is 3. The maximum Gasteiger partial charge on any atom is 0.466 e. The molecule has 0 radical (unpaired) electrons. The van der Waals surface area contributed by atoms with E-state index in [0.29, 0.717) is 0 Å². The molecule has 17 heavy (non-hydrogen) atoms. The van der Waals surface area contributed by atoms with Crippen molar-refractivity contribution in [3.8, 4) is 0 Å². The molecule has 0 aromatic carbocycles. The number of rotatable bonds is 0. The predicted molar refractivity (Wildman–Crippen MR) is 56.6 cm³/mol. The molecule has 0 aliphatic rings. The molecule has 0 saturated carbocycles. The summed E-state index contributed by atoms with van der Waals surface area (Å²) in [6.45, 7) is 0. The summed E-state index contributed by atoms with van der Waals surface area (Å²) in [7, 11) is -4.64. The van der Waals surface area contributed by atoms with Crippen molar-refractivity contribution in [2.75, 3.05) is 5.73 Å². The van der Waals surface area contributed by atoms with Gasteiger partial charge in [0.1, 0.15) is 0 Å². The van der Waals surface area contributed by atoms with Gasteiger partial charge >= 0.3 is 7.82 Å². The molecule has 0 fully saturated rings. The van der Waals surface area contributed by atoms with Gasteiger partial charge in [-0.3, -0.25) is 9.78 Å². The average molecular weight is 261 g/mol. The van der Waals surface area contributed by atoms with Crippen LogP contribution in [0.1, 0.15) is 0 Å². The van der Waals surface area contributed by atoms with Crippen LogP contribution in [0.2, 0.25) is 0 Å². The van der Waals surface area contributed by atoms with Gasteiger partial charge in [-0.1, -0.05) is 0 Å². The monoisotopic (exact) mass is 261 g/mol. The Bertz CT molecular complexity index is 613. The van der Waals surface area contributed by atoms with Crippen LogP contribution < -0.4 is 11.3 Å². The Hall–Kier alpha value is -1.87. The Labute approximate surface area is 93.4 Å². The summed E-state index contributed by atoms with van der Waals surface area (Å²) in [5.41, 5.74) is 5.38. The van der Waals surface area contributed by atoms with Gasteiger partial charge in [-0.25, -0.2) is 14.5 Å². The zero-order valence-corrected chi connectivity index (χ0v) is 9.07. The Kier molecular flexibility index (Phi) is 3.86. The second-order valence-electron chi connectivity index (χ2n) is 2.69. The van der Waals surface area contributed by atoms with Crippen LogP contribution in [-0.2, 0) is 4.57 Å². The first-order valence-corrected chi connectivity index (χ1v) is 5.58. The number of anilines is 1. The minimum absolute atomic E-state index is 0.0491. The Morgan fingerprint density at radius 2 is 1.76 bits per heavy atom. The first kappa shape index (κ1) is 13.2. The van der Waals surface area contributed by atoms with Crippen LogP contribution in [0.5, 0.6) is 0 Å². The van der Waals surface area contributed by atoms with Gasteiger partial charge in [0.25, 0.3) is 5.56 Å². The van der Waals surface area contributed by atoms with Crippen LogP contribution in [0.25, 0.3) is 11.2 Å². The van der Waals surface area contributed by atoms with Crippen LogP contribution >= 0.6 is 7.82 Å². The number of hydrogen-bond acceptors (Lipinski definition) is 6. The van der Waals surface area contributed by atoms with Crippen LogP contribution in [0.4, 0.5) is 5.95 Å². The van der Waals surface area contributed by atoms with Gasteiger partial charge in [0, 0.05) is 12.4 Å². The normalized spacial score (nSPS) is 10.8. The highest BCUT2D eigenvalue weighted by Crippen LogP contribution is 2.25. The smallest absolute Gasteiger partial charge is 0.369 e. The van der Waals surface area contributed by atoms with E-state index in [2.05, 4.69) is 19.9 Å². The number of nitrogens with two attached hydrogens (primary N) is 1. The first-order chi connectivity index (χ1) is 7.77. The van der Waals surface area contributed by atoms with Gasteiger partial charge in [-0.2, -0.15) is 4.98 Å². The number of hydrogen-bond donors (Lipinski definition) is 5. The molecule has 0 amide bonds. The molecule has 0 atom stereocenters. The van der Waals surface area contributed by atoms with Crippen molar-refractivity contribution in [3.63, 3.8) is 0 Å². The molecular formula is C6H8N5O5P. The van der Waals surface area contributed by atoms with Crippen LogP contribution in [0.15, 0.2) is 17.2 Å². The summed E-state index contributed by atoms with van der Waals surface area (Å²) in [4.78, 5) is 46.4. The van der Waals surface area contributed by atoms with E-state index in [0.717, 1.165) is 0 Å². The fraction of sp³-hybridized carbons (Fsp3) is 0. The summed E-state index contributed by atoms with van der Waals surface area (Å²) in [6, 6.07) is 0. The fourth-order valence-electron chi connectivity index (χ4n) is 0.890. The van der Waals surface area contributed by atoms with E-state index in [1.165, 1.54) is 12.4 Å². The molecular weight excluding hydrogens is 253 g/mol. The van der Waals surface area contributed by atoms with E-state index in [9.17, 15) is 4.79 Å². The Balaban J connectivity index is 0.000000249. The fourth-order valence-corrected chi connectivity index (χ4v) is 0.890. The van der Waals surface area contributed by atoms with Crippen LogP contribution in [0, 0.1) is 0 Å². The number of nitrogens with one attached hydrogen (secondary N) is 1. The molecule has 92 valence electrons. The molecule has 2 rings (SSSR count). The lowest BCUT2D eigenvalue weighted by molar-refractivity contribution is 0.275. The quantitative estimate of drug-likeness (QED) is 0.348. The van der Waals surface area contributed by atoms with Crippen molar-refractivity contribution >= 4 is 24.9 Å². The van der Waals surface area contributed by atoms with Gasteiger partial charge in [0.2, 0.25) is 5.95 Å². The molecule has 0 saturated heterocycles. The number of fused-ring (bicyclic) bond motifs is 1. The van der Waals surface area contributed by atoms with Crippen molar-refractivity contribution < 1.29 is 19.2 Å². The second kappa shape index (κ2) is 4.97. The van der Waals surface area contributed by atoms with Crippen LogP contribution in [-0.4, -0.2) is 34.6 Å². The standard InChI is InChI=1S/C6H5N5O.H3O4P/c7-6-10-4-3(5(12)11-6)8-1-2-9-4;1-5(2,3)4/h1-2H,(H3,7,9,10,11,12);(H3,1,2,3,4). The topological polar surface area (TPSA) is 175 Å². The molecule has 0 bridgehead atoms. The molecule has 11 heteroatoms. The van der Waals surface area contributed by atoms with E-state index in [1.807, 2.05) is 0 Å². The molecule has 6 N–H and O–H groups in total. The van der Waals surface area contributed by atoms with E-state index in [1.54, 1.807) is 0 Å². The first-order valence-electron chi connectivity index (χ1n) is 4.02. The third-order valence-electron chi connectivity index (χ3n) is 1.36. The second-order valence-corrected chi connectivity index (χ2v) is 3.72. The van der Waals surface area contributed by atoms with Gasteiger partial charge in [-0.15, -0.1) is 0 Å². The lowest BCUT2D eigenvalue weighted by Crippen LogP contribution is -2.12. The number of nitrogen functional groups attached to an aromatic ring is 1. The molecule has 0 aliphatic heterocycles. The highest BCUT2D eigenvalue weighted by molar-refractivity contribution is 7.45. The molecule has 0 aliphatic carbocycles. The largest absolute Gasteiger partial charge is 0.466 e. The third kappa shape index (κ3) is 4.66. The molecule has 0 unspecified atom stereocenters. The van der Waals surface area contributed by atoms with Crippen LogP contribution in [0.3, 0.4) is 0 Å². The molecule has 2 heterocycles. The molecule has 2 aromatic heterocycles. The lowest BCUT2D eigenvalue weighted by atomic mass is 10.5. The minimum Gasteiger partial charge on any atom is -0.369 e. The molecule has 10 nitrogen and oxygen atoms in total. The zero-order valence-electron chi connectivity index (χ0n) is 8.18. The summed E-state index contributed by atoms with van der Waals surface area (Å²) in [5, 5.41) is 0.